The Kier molecular flexibility index (Phi) is 9.45. The van der Waals surface area contributed by atoms with Crippen molar-refractivity contribution in [2.24, 2.45) is 10.7 Å². The van der Waals surface area contributed by atoms with E-state index < -0.39 is 5.82 Å². The van der Waals surface area contributed by atoms with Crippen LogP contribution in [0, 0.1) is 5.82 Å². The molecule has 1 aliphatic heterocycles. The van der Waals surface area contributed by atoms with Crippen molar-refractivity contribution in [3.05, 3.63) is 94.3 Å². The molecule has 0 spiro atoms. The molecule has 0 radical (unpaired) electrons. The number of halogens is 2. The van der Waals surface area contributed by atoms with Gasteiger partial charge in [-0.05, 0) is 54.2 Å². The second kappa shape index (κ2) is 12.7. The highest BCUT2D eigenvalue weighted by molar-refractivity contribution is 8.02. The molecule has 6 nitrogen and oxygen atoms in total. The van der Waals surface area contributed by atoms with Gasteiger partial charge in [0.15, 0.2) is 5.75 Å². The number of nitrogens with one attached hydrogen (secondary N) is 1. The maximum Gasteiger partial charge on any atom is 0.256 e. The molecule has 35 heavy (non-hydrogen) atoms. The molecule has 0 bridgehead atoms. The number of carbonyl (C=O) groups is 2. The first kappa shape index (κ1) is 26.0. The number of aliphatic imine (C=N–C) groups is 1. The number of carbonyl (C=O) groups excluding carboxylic acids is 2. The normalized spacial score (nSPS) is 12.2. The quantitative estimate of drug-likeness (QED) is 0.302. The number of benzene rings is 3. The van der Waals surface area contributed by atoms with Gasteiger partial charge in [-0.25, -0.2) is 4.39 Å². The van der Waals surface area contributed by atoms with Crippen LogP contribution in [-0.2, 0) is 17.0 Å². The summed E-state index contributed by atoms with van der Waals surface area (Å²) in [7, 11) is 0. The summed E-state index contributed by atoms with van der Waals surface area (Å²) in [5, 5.41) is 2.89. The van der Waals surface area contributed by atoms with Crippen LogP contribution in [0.25, 0.3) is 0 Å². The molecule has 0 saturated heterocycles. The summed E-state index contributed by atoms with van der Waals surface area (Å²) in [4.78, 5) is 30.9. The van der Waals surface area contributed by atoms with Crippen molar-refractivity contribution < 1.29 is 23.4 Å². The van der Waals surface area contributed by atoms with Crippen molar-refractivity contribution >= 4 is 48.2 Å². The first-order valence-corrected chi connectivity index (χ1v) is 12.0. The van der Waals surface area contributed by atoms with E-state index in [9.17, 15) is 13.7 Å². The van der Waals surface area contributed by atoms with Crippen LogP contribution in [0.2, 0.25) is 0 Å². The third-order valence-corrected chi connectivity index (χ3v) is 7.06. The van der Waals surface area contributed by atoms with Crippen molar-refractivity contribution in [3.8, 4) is 5.75 Å². The van der Waals surface area contributed by atoms with Crippen LogP contribution < -0.4 is 16.0 Å². The monoisotopic (exact) mass is 513 g/mol. The Morgan fingerprint density at radius 2 is 1.89 bits per heavy atom. The van der Waals surface area contributed by atoms with Crippen molar-refractivity contribution in [2.45, 2.75) is 22.0 Å². The molecule has 0 aliphatic carbocycles. The lowest BCUT2D eigenvalue weighted by Crippen LogP contribution is -2.12. The molecule has 3 aromatic rings. The van der Waals surface area contributed by atoms with Crippen molar-refractivity contribution in [1.29, 1.82) is 0 Å². The van der Waals surface area contributed by atoms with Crippen molar-refractivity contribution in [3.63, 3.8) is 0 Å². The van der Waals surface area contributed by atoms with Gasteiger partial charge in [-0.3, -0.25) is 19.5 Å². The number of amides is 2. The third-order valence-electron chi connectivity index (χ3n) is 4.77. The summed E-state index contributed by atoms with van der Waals surface area (Å²) >= 11 is 2.83. The molecule has 0 atom stereocenters. The Hall–Kier alpha value is -3.63. The maximum absolute atomic E-state index is 14.3. The number of hydrogen-bond acceptors (Lipinski definition) is 6. The number of allylic oxidation sites excluding steroid dienone is 1. The Bertz CT molecular complexity index is 1250. The van der Waals surface area contributed by atoms with Crippen LogP contribution in [-0.4, -0.2) is 19.0 Å². The highest BCUT2D eigenvalue weighted by Crippen LogP contribution is 2.41. The van der Waals surface area contributed by atoms with Gasteiger partial charge in [-0.2, -0.15) is 0 Å². The van der Waals surface area contributed by atoms with E-state index >= 15 is 0 Å². The topological polar surface area (TPSA) is 93.8 Å². The summed E-state index contributed by atoms with van der Waals surface area (Å²) < 4.78 is 26.5. The van der Waals surface area contributed by atoms with E-state index in [0.29, 0.717) is 28.3 Å². The van der Waals surface area contributed by atoms with E-state index in [1.54, 1.807) is 48.3 Å². The van der Waals surface area contributed by atoms with Gasteiger partial charge in [0.05, 0.1) is 16.1 Å². The van der Waals surface area contributed by atoms with Gasteiger partial charge >= 0.3 is 0 Å². The fourth-order valence-corrected chi connectivity index (χ4v) is 5.19. The summed E-state index contributed by atoms with van der Waals surface area (Å²) in [6.45, 7) is 3.55. The zero-order valence-corrected chi connectivity index (χ0v) is 20.0. The SMILES string of the molecule is C=N/C=C(/Cc1ccc2c(c1)NC(=O)c1cccc(F)c1S2)SCc1ccc(OF)cc1.NC=O. The predicted molar refractivity (Wildman–Crippen MR) is 136 cm³/mol. The summed E-state index contributed by atoms with van der Waals surface area (Å²) in [5.74, 6) is 0.0834. The average molecular weight is 514 g/mol. The van der Waals surface area contributed by atoms with Crippen LogP contribution in [0.3, 0.4) is 0 Å². The molecule has 2 amide bonds. The van der Waals surface area contributed by atoms with E-state index in [-0.39, 0.29) is 18.1 Å². The van der Waals surface area contributed by atoms with Crippen LogP contribution in [0.15, 0.2) is 86.6 Å². The predicted octanol–water partition coefficient (Wildman–Crippen LogP) is 5.93. The Morgan fingerprint density at radius 1 is 1.17 bits per heavy atom. The molecule has 4 rings (SSSR count). The molecule has 3 N–H and O–H groups in total. The molecule has 0 saturated carbocycles. The van der Waals surface area contributed by atoms with Crippen LogP contribution in [0.5, 0.6) is 5.75 Å². The Morgan fingerprint density at radius 3 is 2.57 bits per heavy atom. The standard InChI is InChI=1S/C24H18F2N2O2S2.CH3NO/c1-27-13-18(31-14-15-5-8-17(30-26)9-6-15)11-16-7-10-22-21(12-16)28-24(29)19-3-2-4-20(25)23(19)32-22;2-1-3/h2-10,12-13H,1,11,14H2,(H,28,29);1H,(H2,2,3)/b18-13-;. The van der Waals surface area contributed by atoms with Crippen molar-refractivity contribution in [1.82, 2.24) is 0 Å². The first-order valence-electron chi connectivity index (χ1n) is 10.2. The molecular weight excluding hydrogens is 492 g/mol. The fourth-order valence-electron chi connectivity index (χ4n) is 3.21. The largest absolute Gasteiger partial charge is 0.372 e. The second-order valence-corrected chi connectivity index (χ2v) is 9.26. The molecule has 10 heteroatoms. The Labute approximate surface area is 209 Å². The van der Waals surface area contributed by atoms with E-state index in [4.69, 9.17) is 4.79 Å². The van der Waals surface area contributed by atoms with Gasteiger partial charge in [0.25, 0.3) is 5.91 Å². The average Bonchev–Trinajstić information content (AvgIpc) is 3.00. The maximum atomic E-state index is 14.3. The van der Waals surface area contributed by atoms with Gasteiger partial charge in [0.2, 0.25) is 6.41 Å². The third kappa shape index (κ3) is 6.93. The molecule has 3 aromatic carbocycles. The van der Waals surface area contributed by atoms with Crippen LogP contribution in [0.4, 0.5) is 14.6 Å². The minimum absolute atomic E-state index is 0.161. The summed E-state index contributed by atoms with van der Waals surface area (Å²) in [5.41, 5.74) is 7.12. The number of thioether (sulfide) groups is 1. The lowest BCUT2D eigenvalue weighted by Gasteiger charge is -2.11. The lowest BCUT2D eigenvalue weighted by molar-refractivity contribution is -0.106. The number of rotatable bonds is 7. The van der Waals surface area contributed by atoms with Gasteiger partial charge < -0.3 is 11.1 Å². The number of nitrogens with zero attached hydrogens (tertiary/aromatic N) is 1. The number of hydrogen-bond donors (Lipinski definition) is 2. The summed E-state index contributed by atoms with van der Waals surface area (Å²) in [6.07, 6.45) is 2.54. The zero-order valence-electron chi connectivity index (χ0n) is 18.4. The zero-order chi connectivity index (χ0) is 25.2. The molecule has 180 valence electrons. The Balaban J connectivity index is 0.00000108. The van der Waals surface area contributed by atoms with Gasteiger partial charge in [0.1, 0.15) is 5.82 Å². The first-order chi connectivity index (χ1) is 17.0. The highest BCUT2D eigenvalue weighted by Gasteiger charge is 2.22. The van der Waals surface area contributed by atoms with E-state index in [2.05, 4.69) is 27.7 Å². The van der Waals surface area contributed by atoms with E-state index in [0.717, 1.165) is 20.9 Å². The minimum atomic E-state index is -0.413. The second-order valence-electron chi connectivity index (χ2n) is 7.10. The molecule has 0 aromatic heterocycles. The number of fused-ring (bicyclic) bond motifs is 2. The number of anilines is 1. The van der Waals surface area contributed by atoms with Crippen molar-refractivity contribution in [2.75, 3.05) is 5.32 Å². The van der Waals surface area contributed by atoms with E-state index in [1.165, 1.54) is 23.9 Å². The molecule has 0 unspecified atom stereocenters. The minimum Gasteiger partial charge on any atom is -0.372 e. The van der Waals surface area contributed by atoms with Gasteiger partial charge in [0, 0.05) is 32.7 Å². The van der Waals surface area contributed by atoms with Gasteiger partial charge in [-0.1, -0.05) is 36.0 Å². The number of nitrogens with two attached hydrogens (primary N) is 1. The fraction of sp³-hybridized carbons (Fsp3) is 0.0800. The smallest absolute Gasteiger partial charge is 0.256 e. The van der Waals surface area contributed by atoms with Crippen LogP contribution >= 0.6 is 23.5 Å². The van der Waals surface area contributed by atoms with E-state index in [1.807, 2.05) is 18.2 Å². The lowest BCUT2D eigenvalue weighted by atomic mass is 10.1. The van der Waals surface area contributed by atoms with Crippen LogP contribution in [0.1, 0.15) is 21.5 Å². The van der Waals surface area contributed by atoms with Gasteiger partial charge in [-0.15, -0.1) is 11.8 Å². The molecule has 1 aliphatic rings. The molecule has 0 fully saturated rings. The number of primary amides is 1. The summed E-state index contributed by atoms with van der Waals surface area (Å²) in [6, 6.07) is 17.0. The highest BCUT2D eigenvalue weighted by atomic mass is 32.2. The molecular formula is C25H21F2N3O3S2. The molecule has 1 heterocycles.